The number of Topliss-reactive ketones (excluding diaryl/α,β-unsaturated/α-hetero) is 1. The third kappa shape index (κ3) is 6.31. The minimum absolute atomic E-state index is 0.0987. The highest BCUT2D eigenvalue weighted by Gasteiger charge is 2.10. The predicted octanol–water partition coefficient (Wildman–Crippen LogP) is 3.64. The van der Waals surface area contributed by atoms with E-state index in [1.807, 2.05) is 0 Å². The number of ether oxygens (including phenoxy) is 2. The number of hydrogen-bond acceptors (Lipinski definition) is 6. The van der Waals surface area contributed by atoms with Crippen molar-refractivity contribution in [3.8, 4) is 5.75 Å². The molecule has 0 saturated carbocycles. The van der Waals surface area contributed by atoms with Gasteiger partial charge in [0.2, 0.25) is 0 Å². The lowest BCUT2D eigenvalue weighted by Crippen LogP contribution is -2.12. The lowest BCUT2D eigenvalue weighted by Gasteiger charge is -2.05. The van der Waals surface area contributed by atoms with Crippen LogP contribution < -0.4 is 4.74 Å². The molecule has 2 aromatic carbocycles. The standard InChI is InChI=1S/C18H13F2NO6/c19-18(20)27-15-7-5-13(6-8-15)16(22)11-26-17(23)9-4-12-2-1-3-14(10-12)21(24)25/h1-10,18H,11H2/b9-4+. The second-order valence-electron chi connectivity index (χ2n) is 5.12. The molecule has 0 aliphatic rings. The van der Waals surface area contributed by atoms with Crippen LogP contribution in [-0.2, 0) is 9.53 Å². The van der Waals surface area contributed by atoms with E-state index in [1.54, 1.807) is 6.07 Å². The minimum atomic E-state index is -2.97. The van der Waals surface area contributed by atoms with Gasteiger partial charge in [0.05, 0.1) is 4.92 Å². The molecule has 140 valence electrons. The topological polar surface area (TPSA) is 95.7 Å². The average molecular weight is 377 g/mol. The van der Waals surface area contributed by atoms with Crippen LogP contribution in [0.2, 0.25) is 0 Å². The third-order valence-electron chi connectivity index (χ3n) is 3.24. The second kappa shape index (κ2) is 9.18. The summed E-state index contributed by atoms with van der Waals surface area (Å²) in [5, 5.41) is 10.7. The van der Waals surface area contributed by atoms with Crippen molar-refractivity contribution in [2.24, 2.45) is 0 Å². The number of nitro groups is 1. The van der Waals surface area contributed by atoms with E-state index in [-0.39, 0.29) is 17.0 Å². The van der Waals surface area contributed by atoms with E-state index >= 15 is 0 Å². The Hall–Kier alpha value is -3.62. The van der Waals surface area contributed by atoms with Crippen LogP contribution in [0.1, 0.15) is 15.9 Å². The fraction of sp³-hybridized carbons (Fsp3) is 0.111. The maximum atomic E-state index is 12.1. The molecule has 0 saturated heterocycles. The summed E-state index contributed by atoms with van der Waals surface area (Å²) in [4.78, 5) is 33.7. The number of alkyl halides is 2. The normalized spacial score (nSPS) is 10.8. The average Bonchev–Trinajstić information content (AvgIpc) is 2.64. The molecule has 0 spiro atoms. The molecule has 0 aromatic heterocycles. The summed E-state index contributed by atoms with van der Waals surface area (Å²) in [6.07, 6.45) is 2.35. The van der Waals surface area contributed by atoms with Crippen molar-refractivity contribution in [2.75, 3.05) is 6.61 Å². The SMILES string of the molecule is O=C(/C=C/c1cccc([N+](=O)[O-])c1)OCC(=O)c1ccc(OC(F)F)cc1. The van der Waals surface area contributed by atoms with Crippen molar-refractivity contribution in [3.63, 3.8) is 0 Å². The van der Waals surface area contributed by atoms with E-state index in [0.29, 0.717) is 5.56 Å². The molecule has 0 aliphatic carbocycles. The molecule has 27 heavy (non-hydrogen) atoms. The first-order valence-corrected chi connectivity index (χ1v) is 7.52. The fourth-order valence-corrected chi connectivity index (χ4v) is 2.00. The summed E-state index contributed by atoms with van der Waals surface area (Å²) in [5.41, 5.74) is 0.453. The Bertz CT molecular complexity index is 864. The summed E-state index contributed by atoms with van der Waals surface area (Å²) in [6, 6.07) is 10.6. The Morgan fingerprint density at radius 1 is 1.15 bits per heavy atom. The van der Waals surface area contributed by atoms with E-state index in [2.05, 4.69) is 4.74 Å². The Kier molecular flexibility index (Phi) is 6.70. The molecular formula is C18H13F2NO6. The minimum Gasteiger partial charge on any atom is -0.454 e. The van der Waals surface area contributed by atoms with Crippen molar-refractivity contribution in [3.05, 3.63) is 75.8 Å². The number of esters is 1. The molecule has 0 bridgehead atoms. The largest absolute Gasteiger partial charge is 0.454 e. The Morgan fingerprint density at radius 2 is 1.85 bits per heavy atom. The molecule has 2 aromatic rings. The number of nitrogens with zero attached hydrogens (tertiary/aromatic N) is 1. The molecule has 9 heteroatoms. The first kappa shape index (κ1) is 19.7. The predicted molar refractivity (Wildman–Crippen MR) is 90.5 cm³/mol. The van der Waals surface area contributed by atoms with E-state index in [9.17, 15) is 28.5 Å². The molecule has 2 rings (SSSR count). The molecule has 0 fully saturated rings. The van der Waals surface area contributed by atoms with Crippen LogP contribution in [0.15, 0.2) is 54.6 Å². The number of benzene rings is 2. The lowest BCUT2D eigenvalue weighted by atomic mass is 10.1. The van der Waals surface area contributed by atoms with Crippen LogP contribution in [0.5, 0.6) is 5.75 Å². The van der Waals surface area contributed by atoms with Gasteiger partial charge < -0.3 is 9.47 Å². The van der Waals surface area contributed by atoms with Gasteiger partial charge in [-0.1, -0.05) is 12.1 Å². The van der Waals surface area contributed by atoms with Gasteiger partial charge in [-0.2, -0.15) is 8.78 Å². The van der Waals surface area contributed by atoms with Gasteiger partial charge in [-0.05, 0) is 35.9 Å². The van der Waals surface area contributed by atoms with Gasteiger partial charge in [-0.3, -0.25) is 14.9 Å². The molecule has 0 atom stereocenters. The maximum Gasteiger partial charge on any atom is 0.387 e. The number of carbonyl (C=O) groups excluding carboxylic acids is 2. The first-order chi connectivity index (χ1) is 12.8. The highest BCUT2D eigenvalue weighted by molar-refractivity contribution is 5.99. The number of ketones is 1. The fourth-order valence-electron chi connectivity index (χ4n) is 2.00. The number of halogens is 2. The quantitative estimate of drug-likeness (QED) is 0.229. The number of nitro benzene ring substituents is 1. The van der Waals surface area contributed by atoms with Crippen molar-refractivity contribution in [2.45, 2.75) is 6.61 Å². The van der Waals surface area contributed by atoms with Crippen LogP contribution in [0.25, 0.3) is 6.08 Å². The van der Waals surface area contributed by atoms with E-state index in [1.165, 1.54) is 48.5 Å². The molecule has 7 nitrogen and oxygen atoms in total. The van der Waals surface area contributed by atoms with Crippen molar-refractivity contribution in [1.82, 2.24) is 0 Å². The van der Waals surface area contributed by atoms with E-state index < -0.39 is 29.9 Å². The smallest absolute Gasteiger partial charge is 0.387 e. The van der Waals surface area contributed by atoms with Gasteiger partial charge in [0.1, 0.15) is 5.75 Å². The molecule has 0 heterocycles. The van der Waals surface area contributed by atoms with Crippen molar-refractivity contribution >= 4 is 23.5 Å². The summed E-state index contributed by atoms with van der Waals surface area (Å²) in [6.45, 7) is -3.52. The Morgan fingerprint density at radius 3 is 2.48 bits per heavy atom. The van der Waals surface area contributed by atoms with E-state index in [0.717, 1.165) is 6.08 Å². The summed E-state index contributed by atoms with van der Waals surface area (Å²) in [7, 11) is 0. The van der Waals surface area contributed by atoms with Crippen molar-refractivity contribution in [1.29, 1.82) is 0 Å². The maximum absolute atomic E-state index is 12.1. The van der Waals surface area contributed by atoms with Gasteiger partial charge in [0.25, 0.3) is 5.69 Å². The van der Waals surface area contributed by atoms with Crippen LogP contribution in [0, 0.1) is 10.1 Å². The van der Waals surface area contributed by atoms with Gasteiger partial charge >= 0.3 is 12.6 Å². The van der Waals surface area contributed by atoms with Crippen LogP contribution in [0.4, 0.5) is 14.5 Å². The molecule has 0 aliphatic heterocycles. The van der Waals surface area contributed by atoms with Gasteiger partial charge in [-0.25, -0.2) is 4.79 Å². The van der Waals surface area contributed by atoms with Crippen molar-refractivity contribution < 1.29 is 32.8 Å². The Labute approximate surface area is 152 Å². The highest BCUT2D eigenvalue weighted by atomic mass is 19.3. The second-order valence-corrected chi connectivity index (χ2v) is 5.12. The summed E-state index contributed by atoms with van der Waals surface area (Å²) < 4.78 is 33.1. The van der Waals surface area contributed by atoms with Gasteiger partial charge in [0, 0.05) is 23.8 Å². The molecule has 0 unspecified atom stereocenters. The number of hydrogen-bond donors (Lipinski definition) is 0. The van der Waals surface area contributed by atoms with Crippen LogP contribution in [0.3, 0.4) is 0 Å². The number of non-ortho nitro benzene ring substituents is 1. The summed E-state index contributed by atoms with van der Waals surface area (Å²) in [5.74, 6) is -1.44. The zero-order valence-corrected chi connectivity index (χ0v) is 13.7. The highest BCUT2D eigenvalue weighted by Crippen LogP contribution is 2.16. The molecular weight excluding hydrogens is 364 g/mol. The van der Waals surface area contributed by atoms with Gasteiger partial charge in [-0.15, -0.1) is 0 Å². The zero-order valence-electron chi connectivity index (χ0n) is 13.7. The number of rotatable bonds is 8. The first-order valence-electron chi connectivity index (χ1n) is 7.52. The lowest BCUT2D eigenvalue weighted by molar-refractivity contribution is -0.384. The monoisotopic (exact) mass is 377 g/mol. The van der Waals surface area contributed by atoms with Crippen LogP contribution >= 0.6 is 0 Å². The van der Waals surface area contributed by atoms with Crippen LogP contribution in [-0.4, -0.2) is 29.9 Å². The Balaban J connectivity index is 1.88. The summed E-state index contributed by atoms with van der Waals surface area (Å²) >= 11 is 0. The number of carbonyl (C=O) groups is 2. The molecule has 0 radical (unpaired) electrons. The molecule has 0 N–H and O–H groups in total. The zero-order chi connectivity index (χ0) is 19.8. The third-order valence-corrected chi connectivity index (χ3v) is 3.24. The molecule has 0 amide bonds. The van der Waals surface area contributed by atoms with Gasteiger partial charge in [0.15, 0.2) is 12.4 Å². The van der Waals surface area contributed by atoms with E-state index in [4.69, 9.17) is 4.74 Å².